The highest BCUT2D eigenvalue weighted by Crippen LogP contribution is 2.45. The molecule has 3 N–H and O–H groups in total. The van der Waals surface area contributed by atoms with E-state index in [9.17, 15) is 9.36 Å². The molecule has 2 aromatic rings. The zero-order valence-electron chi connectivity index (χ0n) is 20.8. The number of aromatic nitrogens is 4. The van der Waals surface area contributed by atoms with Gasteiger partial charge in [-0.15, -0.1) is 0 Å². The molecule has 2 atom stereocenters. The number of nitrogens with zero attached hydrogens (tertiary/aromatic N) is 5. The minimum Gasteiger partial charge on any atom is -0.464 e. The Morgan fingerprint density at radius 3 is 2.71 bits per heavy atom. The largest absolute Gasteiger partial charge is 0.464 e. The number of esters is 1. The smallest absolute Gasteiger partial charge is 0.365 e. The van der Waals surface area contributed by atoms with Crippen molar-refractivity contribution in [1.29, 1.82) is 0 Å². The lowest BCUT2D eigenvalue weighted by molar-refractivity contribution is -0.149. The molecule has 34 heavy (non-hydrogen) atoms. The molecule has 0 aliphatic carbocycles. The number of rotatable bonds is 14. The van der Waals surface area contributed by atoms with Crippen molar-refractivity contribution >= 4 is 36.2 Å². The highest BCUT2D eigenvalue weighted by atomic mass is 31.2. The van der Waals surface area contributed by atoms with Crippen LogP contribution in [0.5, 0.6) is 0 Å². The van der Waals surface area contributed by atoms with Crippen LogP contribution in [-0.2, 0) is 30.0 Å². The van der Waals surface area contributed by atoms with Crippen molar-refractivity contribution in [2.24, 2.45) is 5.16 Å². The third-order valence-electron chi connectivity index (χ3n) is 4.71. The van der Waals surface area contributed by atoms with E-state index in [0.717, 1.165) is 19.3 Å². The lowest BCUT2D eigenvalue weighted by Gasteiger charge is -2.29. The number of ether oxygens (including phenoxy) is 2. The van der Waals surface area contributed by atoms with Gasteiger partial charge in [0.05, 0.1) is 31.3 Å². The molecule has 0 aliphatic rings. The molecule has 2 rings (SSSR count). The van der Waals surface area contributed by atoms with E-state index in [0.29, 0.717) is 30.0 Å². The second-order valence-electron chi connectivity index (χ2n) is 8.81. The van der Waals surface area contributed by atoms with Crippen LogP contribution >= 0.6 is 7.52 Å². The normalized spacial score (nSPS) is 14.4. The van der Waals surface area contributed by atoms with Crippen LogP contribution in [-0.4, -0.2) is 55.8 Å². The minimum absolute atomic E-state index is 0.288. The summed E-state index contributed by atoms with van der Waals surface area (Å²) in [5.41, 5.74) is 6.19. The third-order valence-corrected chi connectivity index (χ3v) is 6.44. The molecule has 0 bridgehead atoms. The highest BCUT2D eigenvalue weighted by Gasteiger charge is 2.39. The van der Waals surface area contributed by atoms with Crippen LogP contribution in [0.4, 0.5) is 5.82 Å². The van der Waals surface area contributed by atoms with E-state index in [1.54, 1.807) is 38.6 Å². The first-order valence-electron chi connectivity index (χ1n) is 11.3. The van der Waals surface area contributed by atoms with Crippen LogP contribution in [0.3, 0.4) is 0 Å². The van der Waals surface area contributed by atoms with Crippen molar-refractivity contribution in [3.8, 4) is 0 Å². The van der Waals surface area contributed by atoms with E-state index in [1.807, 2.05) is 6.92 Å². The molecule has 0 radical (unpaired) electrons. The number of carbonyl (C=O) groups excluding carboxylic acids is 1. The number of nitrogens with two attached hydrogens (primary N) is 1. The van der Waals surface area contributed by atoms with E-state index < -0.39 is 25.1 Å². The van der Waals surface area contributed by atoms with Crippen molar-refractivity contribution in [2.45, 2.75) is 79.0 Å². The molecule has 0 spiro atoms. The number of hydrogen-bond acceptors (Lipinski definition) is 10. The number of nitrogen functional groups attached to an aromatic ring is 1. The fourth-order valence-corrected chi connectivity index (χ4v) is 4.82. The number of anilines is 1. The number of unbranched alkanes of at least 4 members (excludes halogenated alkanes) is 2. The molecule has 2 unspecified atom stereocenters. The molecular weight excluding hydrogens is 461 g/mol. The molecule has 0 aliphatic heterocycles. The Bertz CT molecular complexity index is 1040. The molecule has 2 aromatic heterocycles. The van der Waals surface area contributed by atoms with Gasteiger partial charge >= 0.3 is 13.5 Å². The van der Waals surface area contributed by atoms with Crippen molar-refractivity contribution in [2.75, 3.05) is 18.7 Å². The predicted octanol–water partition coefficient (Wildman–Crippen LogP) is 3.48. The van der Waals surface area contributed by atoms with Crippen LogP contribution in [0, 0.1) is 0 Å². The quantitative estimate of drug-likeness (QED) is 0.130. The molecule has 190 valence electrons. The number of carbonyl (C=O) groups is 1. The summed E-state index contributed by atoms with van der Waals surface area (Å²) < 4.78 is 31.8. The van der Waals surface area contributed by atoms with Gasteiger partial charge in [0.1, 0.15) is 23.7 Å². The highest BCUT2D eigenvalue weighted by molar-refractivity contribution is 7.56. The van der Waals surface area contributed by atoms with Gasteiger partial charge in [0.15, 0.2) is 11.5 Å². The second kappa shape index (κ2) is 12.2. The number of imidazole rings is 1. The van der Waals surface area contributed by atoms with Crippen LogP contribution < -0.4 is 10.8 Å². The van der Waals surface area contributed by atoms with Crippen molar-refractivity contribution in [3.63, 3.8) is 0 Å². The predicted molar refractivity (Wildman–Crippen MR) is 130 cm³/mol. The van der Waals surface area contributed by atoms with Gasteiger partial charge in [-0.3, -0.25) is 9.36 Å². The van der Waals surface area contributed by atoms with Gasteiger partial charge in [-0.2, -0.15) is 0 Å². The van der Waals surface area contributed by atoms with Gasteiger partial charge in [0.2, 0.25) is 0 Å². The summed E-state index contributed by atoms with van der Waals surface area (Å²) in [4.78, 5) is 24.9. The maximum atomic E-state index is 13.5. The van der Waals surface area contributed by atoms with Gasteiger partial charge in [-0.25, -0.2) is 20.0 Å². The Labute approximate surface area is 200 Å². The first-order valence-corrected chi connectivity index (χ1v) is 13.1. The number of nitrogens with one attached hydrogen (secondary N) is 1. The average molecular weight is 498 g/mol. The van der Waals surface area contributed by atoms with E-state index in [1.165, 1.54) is 6.33 Å². The van der Waals surface area contributed by atoms with Gasteiger partial charge in [-0.05, 0) is 41.0 Å². The van der Waals surface area contributed by atoms with Crippen molar-refractivity contribution in [3.05, 3.63) is 12.7 Å². The lowest BCUT2D eigenvalue weighted by Crippen LogP contribution is -2.47. The zero-order valence-corrected chi connectivity index (χ0v) is 21.7. The van der Waals surface area contributed by atoms with E-state index in [2.05, 4.69) is 32.1 Å². The minimum atomic E-state index is -3.72. The second-order valence-corrected chi connectivity index (χ2v) is 10.8. The van der Waals surface area contributed by atoms with E-state index in [-0.39, 0.29) is 12.2 Å². The van der Waals surface area contributed by atoms with Crippen LogP contribution in [0.15, 0.2) is 17.8 Å². The van der Waals surface area contributed by atoms with Crippen molar-refractivity contribution in [1.82, 2.24) is 24.6 Å². The monoisotopic (exact) mass is 497 g/mol. The van der Waals surface area contributed by atoms with Gasteiger partial charge in [-0.1, -0.05) is 24.9 Å². The summed E-state index contributed by atoms with van der Waals surface area (Å²) in [7, 11) is -3.72. The molecule has 0 saturated carbocycles. The number of hydrogen-bond donors (Lipinski definition) is 2. The average Bonchev–Trinajstić information content (AvgIpc) is 3.17. The van der Waals surface area contributed by atoms with Crippen LogP contribution in [0.2, 0.25) is 0 Å². The fraction of sp³-hybridized carbons (Fsp3) is 0.667. The first-order chi connectivity index (χ1) is 16.0. The molecule has 0 saturated heterocycles. The maximum absolute atomic E-state index is 13.5. The SMILES string of the molecule is CCCCCOC(=O)C(C)(C)NP(=O)(COC(C)Cn1cnc2c(N)ncnc21)ON=C(C)C. The summed E-state index contributed by atoms with van der Waals surface area (Å²) in [6.07, 6.45) is 4.98. The molecule has 0 amide bonds. The summed E-state index contributed by atoms with van der Waals surface area (Å²) >= 11 is 0. The summed E-state index contributed by atoms with van der Waals surface area (Å²) in [5, 5.41) is 6.63. The molecule has 0 aromatic carbocycles. The van der Waals surface area contributed by atoms with Crippen LogP contribution in [0.1, 0.15) is 60.8 Å². The standard InChI is InChI=1S/C21H36N7O5P/c1-7-8-9-10-31-20(29)21(5,6)27-34(30,33-26-15(2)3)14-32-16(4)11-28-13-25-17-18(22)23-12-24-19(17)28/h12-13,16H,7-11,14H2,1-6H3,(H,27,30)(H2,22,23,24). The Kier molecular flexibility index (Phi) is 9.96. The molecule has 12 nitrogen and oxygen atoms in total. The Morgan fingerprint density at radius 2 is 2.03 bits per heavy atom. The van der Waals surface area contributed by atoms with Gasteiger partial charge in [0, 0.05) is 0 Å². The molecule has 13 heteroatoms. The Balaban J connectivity index is 2.06. The first kappa shape index (κ1) is 27.7. The van der Waals surface area contributed by atoms with Crippen LogP contribution in [0.25, 0.3) is 11.2 Å². The summed E-state index contributed by atoms with van der Waals surface area (Å²) in [6.45, 7) is 11.1. The Hall–Kier alpha value is -2.56. The summed E-state index contributed by atoms with van der Waals surface area (Å²) in [5.74, 6) is -0.240. The van der Waals surface area contributed by atoms with E-state index >= 15 is 0 Å². The molecule has 2 heterocycles. The van der Waals surface area contributed by atoms with Gasteiger partial charge in [0.25, 0.3) is 0 Å². The fourth-order valence-electron chi connectivity index (χ4n) is 2.98. The Morgan fingerprint density at radius 1 is 1.29 bits per heavy atom. The topological polar surface area (TPSA) is 156 Å². The number of fused-ring (bicyclic) bond motifs is 1. The molecular formula is C21H36N7O5P. The zero-order chi connectivity index (χ0) is 25.4. The van der Waals surface area contributed by atoms with Crippen molar-refractivity contribution < 1.29 is 23.5 Å². The third kappa shape index (κ3) is 8.03. The lowest BCUT2D eigenvalue weighted by atomic mass is 10.1. The van der Waals surface area contributed by atoms with E-state index in [4.69, 9.17) is 19.8 Å². The van der Waals surface area contributed by atoms with Gasteiger partial charge < -0.3 is 24.4 Å². The summed E-state index contributed by atoms with van der Waals surface area (Å²) in [6, 6.07) is 0. The number of oxime groups is 1. The maximum Gasteiger partial charge on any atom is 0.365 e. The molecule has 0 fully saturated rings.